The van der Waals surface area contributed by atoms with Crippen molar-refractivity contribution >= 4 is 46.3 Å². The third-order valence-corrected chi connectivity index (χ3v) is 7.09. The number of pyridine rings is 1. The van der Waals surface area contributed by atoms with Gasteiger partial charge in [-0.15, -0.1) is 0 Å². The first-order valence-electron chi connectivity index (χ1n) is 11.4. The van der Waals surface area contributed by atoms with E-state index in [1.54, 1.807) is 31.2 Å². The van der Waals surface area contributed by atoms with Gasteiger partial charge < -0.3 is 9.84 Å². The molecule has 0 spiro atoms. The zero-order valence-corrected chi connectivity index (χ0v) is 22.2. The Bertz CT molecular complexity index is 1330. The van der Waals surface area contributed by atoms with Crippen LogP contribution in [0, 0.1) is 5.41 Å². The highest BCUT2D eigenvalue weighted by Crippen LogP contribution is 2.49. The molecule has 182 valence electrons. The summed E-state index contributed by atoms with van der Waals surface area (Å²) in [5.74, 6) is -0.512. The number of ether oxygens (including phenoxy) is 1. The zero-order valence-electron chi connectivity index (χ0n) is 20.0. The van der Waals surface area contributed by atoms with E-state index in [-0.39, 0.29) is 0 Å². The Hall–Kier alpha value is -2.53. The third-order valence-electron chi connectivity index (χ3n) is 6.29. The van der Waals surface area contributed by atoms with Gasteiger partial charge in [-0.1, -0.05) is 60.3 Å². The number of fused-ring (bicyclic) bond motifs is 1. The molecule has 3 aromatic rings. The van der Waals surface area contributed by atoms with Gasteiger partial charge in [0, 0.05) is 26.7 Å². The Morgan fingerprint density at radius 2 is 1.66 bits per heavy atom. The van der Waals surface area contributed by atoms with Crippen molar-refractivity contribution in [1.29, 1.82) is 0 Å². The van der Waals surface area contributed by atoms with Gasteiger partial charge in [0.15, 0.2) is 0 Å². The Morgan fingerprint density at radius 3 is 2.26 bits per heavy atom. The van der Waals surface area contributed by atoms with Crippen molar-refractivity contribution in [3.8, 4) is 28.3 Å². The van der Waals surface area contributed by atoms with E-state index in [1.165, 1.54) is 0 Å². The summed E-state index contributed by atoms with van der Waals surface area (Å²) >= 11 is 18.9. The lowest BCUT2D eigenvalue weighted by Crippen LogP contribution is -2.36. The van der Waals surface area contributed by atoms with Crippen LogP contribution >= 0.6 is 34.8 Å². The van der Waals surface area contributed by atoms with Gasteiger partial charge in [-0.05, 0) is 80.8 Å². The first-order chi connectivity index (χ1) is 16.4. The molecule has 2 aromatic carbocycles. The lowest BCUT2D eigenvalue weighted by atomic mass is 9.72. The van der Waals surface area contributed by atoms with Crippen molar-refractivity contribution in [2.45, 2.75) is 46.1 Å². The fraction of sp³-hybridized carbons (Fsp3) is 0.286. The zero-order chi connectivity index (χ0) is 25.5. The molecule has 2 heterocycles. The Morgan fingerprint density at radius 1 is 1.00 bits per heavy atom. The summed E-state index contributed by atoms with van der Waals surface area (Å²) in [7, 11) is 0. The van der Waals surface area contributed by atoms with E-state index in [4.69, 9.17) is 44.5 Å². The molecule has 0 fully saturated rings. The topological polar surface area (TPSA) is 59.4 Å². The molecule has 0 bridgehead atoms. The molecule has 0 saturated heterocycles. The van der Waals surface area contributed by atoms with Crippen LogP contribution in [0.1, 0.15) is 46.1 Å². The normalized spacial score (nSPS) is 16.0. The molecule has 35 heavy (non-hydrogen) atoms. The largest absolute Gasteiger partial charge is 0.481 e. The van der Waals surface area contributed by atoms with Crippen LogP contribution in [0.2, 0.25) is 15.1 Å². The smallest absolute Gasteiger partial charge is 0.313 e. The molecule has 1 N–H and O–H groups in total. The number of hydrogen-bond donors (Lipinski definition) is 1. The van der Waals surface area contributed by atoms with Crippen molar-refractivity contribution < 1.29 is 14.6 Å². The van der Waals surface area contributed by atoms with E-state index in [0.717, 1.165) is 11.1 Å². The van der Waals surface area contributed by atoms with E-state index in [9.17, 15) is 9.90 Å². The van der Waals surface area contributed by atoms with Crippen LogP contribution in [0.4, 0.5) is 0 Å². The second-order valence-electron chi connectivity index (χ2n) is 9.52. The minimum atomic E-state index is -1.11. The van der Waals surface area contributed by atoms with Crippen molar-refractivity contribution in [2.75, 3.05) is 0 Å². The molecule has 0 radical (unpaired) electrons. The van der Waals surface area contributed by atoms with Gasteiger partial charge >= 0.3 is 5.97 Å². The first kappa shape index (κ1) is 25.6. The van der Waals surface area contributed by atoms with E-state index in [2.05, 4.69) is 0 Å². The van der Waals surface area contributed by atoms with Crippen LogP contribution in [-0.2, 0) is 4.79 Å². The monoisotopic (exact) mass is 529 g/mol. The molecule has 1 aliphatic rings. The minimum Gasteiger partial charge on any atom is -0.481 e. The van der Waals surface area contributed by atoms with E-state index >= 15 is 0 Å². The van der Waals surface area contributed by atoms with Gasteiger partial charge in [0.1, 0.15) is 5.60 Å². The number of benzene rings is 2. The number of nitrogens with zero attached hydrogens (tertiary/aromatic N) is 1. The van der Waals surface area contributed by atoms with Gasteiger partial charge in [0.25, 0.3) is 0 Å². The predicted molar refractivity (Wildman–Crippen MR) is 143 cm³/mol. The van der Waals surface area contributed by atoms with Crippen LogP contribution in [0.3, 0.4) is 0 Å². The van der Waals surface area contributed by atoms with E-state index in [0.29, 0.717) is 56.2 Å². The molecule has 4 nitrogen and oxygen atoms in total. The standard InChI is InChI=1S/C28H26Cl3NO3/c1-5-12-28(4,26(33)34)22-15-27(2,3)35-25-21(22)14-20(16-6-8-17(29)9-7-16)24(32-25)19-11-10-18(30)13-23(19)31/h6-11,13-15H,5,12H2,1-4H3,(H,33,34). The van der Waals surface area contributed by atoms with Crippen LogP contribution < -0.4 is 4.74 Å². The molecule has 4 rings (SSSR count). The Kier molecular flexibility index (Phi) is 6.93. The van der Waals surface area contributed by atoms with Crippen LogP contribution in [0.15, 0.2) is 54.6 Å². The average Bonchev–Trinajstić information content (AvgIpc) is 2.78. The second-order valence-corrected chi connectivity index (χ2v) is 10.8. The summed E-state index contributed by atoms with van der Waals surface area (Å²) in [6.45, 7) is 7.54. The fourth-order valence-corrected chi connectivity index (χ4v) is 5.14. The van der Waals surface area contributed by atoms with Gasteiger partial charge in [-0.3, -0.25) is 4.79 Å². The fourth-order valence-electron chi connectivity index (χ4n) is 4.52. The summed E-state index contributed by atoms with van der Waals surface area (Å²) in [5, 5.41) is 11.9. The molecule has 1 unspecified atom stereocenters. The summed E-state index contributed by atoms with van der Waals surface area (Å²) in [6, 6.07) is 14.6. The molecule has 1 aliphatic heterocycles. The highest BCUT2D eigenvalue weighted by molar-refractivity contribution is 6.36. The number of halogens is 3. The molecule has 0 aliphatic carbocycles. The van der Waals surface area contributed by atoms with Crippen LogP contribution in [-0.4, -0.2) is 21.7 Å². The van der Waals surface area contributed by atoms with E-state index in [1.807, 2.05) is 51.1 Å². The van der Waals surface area contributed by atoms with Gasteiger partial charge in [0.2, 0.25) is 5.88 Å². The minimum absolute atomic E-state index is 0.370. The Labute approximate surface area is 220 Å². The predicted octanol–water partition coefficient (Wildman–Crippen LogP) is 8.82. The highest BCUT2D eigenvalue weighted by atomic mass is 35.5. The van der Waals surface area contributed by atoms with Crippen LogP contribution in [0.5, 0.6) is 5.88 Å². The van der Waals surface area contributed by atoms with Crippen molar-refractivity contribution in [3.63, 3.8) is 0 Å². The molecule has 0 amide bonds. The number of carbonyl (C=O) groups is 1. The maximum Gasteiger partial charge on any atom is 0.313 e. The number of carboxylic acid groups (broad SMARTS) is 1. The maximum atomic E-state index is 12.5. The molecule has 7 heteroatoms. The summed E-state index contributed by atoms with van der Waals surface area (Å²) in [6.07, 6.45) is 3.10. The summed E-state index contributed by atoms with van der Waals surface area (Å²) in [4.78, 5) is 17.5. The highest BCUT2D eigenvalue weighted by Gasteiger charge is 2.43. The van der Waals surface area contributed by atoms with Gasteiger partial charge in [-0.2, -0.15) is 0 Å². The lowest BCUT2D eigenvalue weighted by molar-refractivity contribution is -0.144. The van der Waals surface area contributed by atoms with E-state index < -0.39 is 17.0 Å². The quantitative estimate of drug-likeness (QED) is 0.346. The first-order valence-corrected chi connectivity index (χ1v) is 12.5. The number of carboxylic acids is 1. The third kappa shape index (κ3) is 4.93. The van der Waals surface area contributed by atoms with Crippen molar-refractivity contribution in [3.05, 3.63) is 75.2 Å². The number of aromatic nitrogens is 1. The summed E-state index contributed by atoms with van der Waals surface area (Å²) in [5.41, 5.74) is 2.43. The molecular weight excluding hydrogens is 505 g/mol. The lowest BCUT2D eigenvalue weighted by Gasteiger charge is -2.37. The Balaban J connectivity index is 2.05. The van der Waals surface area contributed by atoms with Crippen molar-refractivity contribution in [1.82, 2.24) is 4.98 Å². The number of hydrogen-bond acceptors (Lipinski definition) is 3. The molecule has 1 aromatic heterocycles. The average molecular weight is 531 g/mol. The molecule has 1 atom stereocenters. The SMILES string of the molecule is CCCC(C)(C(=O)O)C1=CC(C)(C)Oc2nc(-c3ccc(Cl)cc3Cl)c(-c3ccc(Cl)cc3)cc21. The number of rotatable bonds is 6. The summed E-state index contributed by atoms with van der Waals surface area (Å²) < 4.78 is 6.27. The van der Waals surface area contributed by atoms with Gasteiger partial charge in [0.05, 0.1) is 16.1 Å². The maximum absolute atomic E-state index is 12.5. The van der Waals surface area contributed by atoms with Crippen LogP contribution in [0.25, 0.3) is 28.0 Å². The van der Waals surface area contributed by atoms with Crippen molar-refractivity contribution in [2.24, 2.45) is 5.41 Å². The molecular formula is C28H26Cl3NO3. The second kappa shape index (κ2) is 9.50. The number of aliphatic carboxylic acids is 1. The van der Waals surface area contributed by atoms with Gasteiger partial charge in [-0.25, -0.2) is 4.98 Å². The molecule has 0 saturated carbocycles.